The van der Waals surface area contributed by atoms with E-state index in [1.165, 1.54) is 6.07 Å². The molecule has 24 heavy (non-hydrogen) atoms. The van der Waals surface area contributed by atoms with E-state index in [-0.39, 0.29) is 16.3 Å². The molecule has 8 heteroatoms. The van der Waals surface area contributed by atoms with Crippen LogP contribution in [0.2, 0.25) is 0 Å². The van der Waals surface area contributed by atoms with Crippen molar-refractivity contribution < 1.29 is 13.0 Å². The van der Waals surface area contributed by atoms with Crippen molar-refractivity contribution >= 4 is 38.0 Å². The number of fused-ring (bicyclic) bond motifs is 1. The average Bonchev–Trinajstić information content (AvgIpc) is 2.54. The number of azo groups is 1. The predicted octanol–water partition coefficient (Wildman–Crippen LogP) is 3.79. The average molecular weight is 342 g/mol. The van der Waals surface area contributed by atoms with E-state index in [9.17, 15) is 13.0 Å². The summed E-state index contributed by atoms with van der Waals surface area (Å²) in [5.74, 6) is 0. The molecule has 0 aliphatic rings. The molecule has 0 bridgehead atoms. The molecule has 3 aromatic rings. The molecule has 3 N–H and O–H groups in total. The lowest BCUT2D eigenvalue weighted by Gasteiger charge is -2.09. The highest BCUT2D eigenvalue weighted by Crippen LogP contribution is 2.36. The van der Waals surface area contributed by atoms with Crippen molar-refractivity contribution in [3.05, 3.63) is 54.4 Å². The SMILES string of the molecule is Cc1ccncc1N=Nc1cc(S(=O)(=O)O)c2ccccc2c1N. The minimum Gasteiger partial charge on any atom is -0.396 e. The van der Waals surface area contributed by atoms with E-state index in [0.717, 1.165) is 5.56 Å². The van der Waals surface area contributed by atoms with Crippen LogP contribution in [0.1, 0.15) is 5.56 Å². The minimum absolute atomic E-state index is 0.157. The molecule has 0 atom stereocenters. The molecule has 1 heterocycles. The summed E-state index contributed by atoms with van der Waals surface area (Å²) in [4.78, 5) is 3.71. The summed E-state index contributed by atoms with van der Waals surface area (Å²) in [5, 5.41) is 8.92. The maximum absolute atomic E-state index is 11.7. The van der Waals surface area contributed by atoms with Gasteiger partial charge in [-0.1, -0.05) is 24.3 Å². The van der Waals surface area contributed by atoms with Gasteiger partial charge >= 0.3 is 0 Å². The first-order valence-corrected chi connectivity index (χ1v) is 8.43. The van der Waals surface area contributed by atoms with Crippen molar-refractivity contribution in [2.45, 2.75) is 11.8 Å². The van der Waals surface area contributed by atoms with Gasteiger partial charge in [0.2, 0.25) is 0 Å². The fourth-order valence-electron chi connectivity index (χ4n) is 2.31. The molecule has 122 valence electrons. The summed E-state index contributed by atoms with van der Waals surface area (Å²) >= 11 is 0. The highest BCUT2D eigenvalue weighted by molar-refractivity contribution is 7.86. The molecule has 0 aliphatic carbocycles. The number of nitrogens with zero attached hydrogens (tertiary/aromatic N) is 3. The molecule has 0 amide bonds. The molecule has 0 unspecified atom stereocenters. The van der Waals surface area contributed by atoms with E-state index < -0.39 is 10.1 Å². The van der Waals surface area contributed by atoms with Crippen LogP contribution >= 0.6 is 0 Å². The van der Waals surface area contributed by atoms with Gasteiger partial charge in [0.25, 0.3) is 10.1 Å². The number of pyridine rings is 1. The van der Waals surface area contributed by atoms with Gasteiger partial charge in [0, 0.05) is 17.0 Å². The molecule has 1 aromatic heterocycles. The van der Waals surface area contributed by atoms with Crippen LogP contribution < -0.4 is 5.73 Å². The second-order valence-corrected chi connectivity index (χ2v) is 6.58. The molecule has 7 nitrogen and oxygen atoms in total. The Labute approximate surface area is 138 Å². The van der Waals surface area contributed by atoms with Gasteiger partial charge in [-0.3, -0.25) is 9.54 Å². The van der Waals surface area contributed by atoms with E-state index in [2.05, 4.69) is 15.2 Å². The van der Waals surface area contributed by atoms with Crippen molar-refractivity contribution in [3.63, 3.8) is 0 Å². The van der Waals surface area contributed by atoms with Crippen molar-refractivity contribution in [2.75, 3.05) is 5.73 Å². The molecule has 2 aromatic carbocycles. The topological polar surface area (TPSA) is 118 Å². The van der Waals surface area contributed by atoms with Gasteiger partial charge in [0.05, 0.1) is 11.9 Å². The van der Waals surface area contributed by atoms with Crippen LogP contribution in [-0.2, 0) is 10.1 Å². The molecule has 3 rings (SSSR count). The first kappa shape index (κ1) is 16.0. The Morgan fingerprint density at radius 3 is 2.42 bits per heavy atom. The van der Waals surface area contributed by atoms with Crippen LogP contribution in [0.25, 0.3) is 10.8 Å². The zero-order valence-electron chi connectivity index (χ0n) is 12.7. The third kappa shape index (κ3) is 2.97. The molecular formula is C16H14N4O3S. The van der Waals surface area contributed by atoms with Crippen LogP contribution in [0.3, 0.4) is 0 Å². The summed E-state index contributed by atoms with van der Waals surface area (Å²) in [7, 11) is -4.43. The molecule has 0 fully saturated rings. The highest BCUT2D eigenvalue weighted by Gasteiger charge is 2.18. The van der Waals surface area contributed by atoms with Gasteiger partial charge in [-0.05, 0) is 24.6 Å². The van der Waals surface area contributed by atoms with Crippen molar-refractivity contribution in [2.24, 2.45) is 10.2 Å². The third-order valence-corrected chi connectivity index (χ3v) is 4.47. The minimum atomic E-state index is -4.43. The predicted molar refractivity (Wildman–Crippen MR) is 91.3 cm³/mol. The number of benzene rings is 2. The van der Waals surface area contributed by atoms with E-state index >= 15 is 0 Å². The van der Waals surface area contributed by atoms with Gasteiger partial charge in [-0.25, -0.2) is 0 Å². The Hall–Kier alpha value is -2.84. The second kappa shape index (κ2) is 5.99. The maximum Gasteiger partial charge on any atom is 0.295 e. The van der Waals surface area contributed by atoms with Crippen LogP contribution in [0, 0.1) is 6.92 Å². The first-order valence-electron chi connectivity index (χ1n) is 6.99. The summed E-state index contributed by atoms with van der Waals surface area (Å²) in [5.41, 5.74) is 7.93. The number of anilines is 1. The number of aryl methyl sites for hydroxylation is 1. The number of nitrogen functional groups attached to an aromatic ring is 1. The number of hydrogen-bond acceptors (Lipinski definition) is 6. The van der Waals surface area contributed by atoms with Gasteiger partial charge in [-0.15, -0.1) is 10.2 Å². The number of aromatic nitrogens is 1. The maximum atomic E-state index is 11.7. The zero-order chi connectivity index (χ0) is 17.3. The summed E-state index contributed by atoms with van der Waals surface area (Å²) < 4.78 is 32.8. The van der Waals surface area contributed by atoms with Crippen LogP contribution in [0.5, 0.6) is 0 Å². The Morgan fingerprint density at radius 2 is 1.75 bits per heavy atom. The van der Waals surface area contributed by atoms with E-state index in [1.54, 1.807) is 42.7 Å². The Bertz CT molecular complexity index is 1060. The van der Waals surface area contributed by atoms with Gasteiger partial charge in [0.1, 0.15) is 16.3 Å². The number of nitrogens with two attached hydrogens (primary N) is 1. The van der Waals surface area contributed by atoms with Crippen molar-refractivity contribution in [3.8, 4) is 0 Å². The summed E-state index contributed by atoms with van der Waals surface area (Å²) in [6.45, 7) is 1.85. The fraction of sp³-hybridized carbons (Fsp3) is 0.0625. The largest absolute Gasteiger partial charge is 0.396 e. The van der Waals surface area contributed by atoms with Crippen molar-refractivity contribution in [1.82, 2.24) is 4.98 Å². The number of hydrogen-bond donors (Lipinski definition) is 2. The molecule has 0 aliphatic heterocycles. The smallest absolute Gasteiger partial charge is 0.295 e. The van der Waals surface area contributed by atoms with Crippen LogP contribution in [0.4, 0.5) is 17.1 Å². The lowest BCUT2D eigenvalue weighted by atomic mass is 10.1. The van der Waals surface area contributed by atoms with Crippen molar-refractivity contribution in [1.29, 1.82) is 0 Å². The lowest BCUT2D eigenvalue weighted by molar-refractivity contribution is 0.484. The molecule has 0 radical (unpaired) electrons. The van der Waals surface area contributed by atoms with Gasteiger partial charge < -0.3 is 5.73 Å². The second-order valence-electron chi connectivity index (χ2n) is 5.19. The molecule has 0 spiro atoms. The monoisotopic (exact) mass is 342 g/mol. The zero-order valence-corrected chi connectivity index (χ0v) is 13.5. The fourth-order valence-corrected chi connectivity index (χ4v) is 3.03. The molecular weight excluding hydrogens is 328 g/mol. The van der Waals surface area contributed by atoms with E-state index in [1.807, 2.05) is 6.92 Å². The molecule has 0 saturated heterocycles. The standard InChI is InChI=1S/C16H14N4O3S/c1-10-6-7-18-9-14(10)20-19-13-8-15(24(21,22)23)11-4-2-3-5-12(11)16(13)17/h2-9H,17H2,1H3,(H,21,22,23). The van der Waals surface area contributed by atoms with E-state index in [4.69, 9.17) is 5.73 Å². The Morgan fingerprint density at radius 1 is 1.08 bits per heavy atom. The Balaban J connectivity index is 2.22. The van der Waals surface area contributed by atoms with Gasteiger partial charge in [-0.2, -0.15) is 8.42 Å². The van der Waals surface area contributed by atoms with E-state index in [0.29, 0.717) is 16.5 Å². The number of rotatable bonds is 3. The quantitative estimate of drug-likeness (QED) is 0.426. The molecule has 0 saturated carbocycles. The summed E-state index contributed by atoms with van der Waals surface area (Å²) in [6, 6.07) is 9.61. The lowest BCUT2D eigenvalue weighted by Crippen LogP contribution is -2.01. The third-order valence-electron chi connectivity index (χ3n) is 3.58. The van der Waals surface area contributed by atoms with Gasteiger partial charge in [0.15, 0.2) is 0 Å². The normalized spacial score (nSPS) is 12.1. The van der Waals surface area contributed by atoms with Crippen LogP contribution in [-0.4, -0.2) is 18.0 Å². The van der Waals surface area contributed by atoms with Crippen LogP contribution in [0.15, 0.2) is 63.9 Å². The highest BCUT2D eigenvalue weighted by atomic mass is 32.2. The summed E-state index contributed by atoms with van der Waals surface area (Å²) in [6.07, 6.45) is 3.18. The Kier molecular flexibility index (Phi) is 4.00. The first-order chi connectivity index (χ1) is 11.4.